The molecule has 1 aliphatic heterocycles. The van der Waals surface area contributed by atoms with Crippen LogP contribution in [0.5, 0.6) is 11.5 Å². The molecule has 0 saturated carbocycles. The number of phenolic OH excluding ortho intramolecular Hbond substituents is 1. The van der Waals surface area contributed by atoms with Gasteiger partial charge in [0.1, 0.15) is 11.5 Å². The lowest BCUT2D eigenvalue weighted by molar-refractivity contribution is 0.0987. The molecule has 5 heteroatoms. The Bertz CT molecular complexity index is 713. The number of nitrogen functional groups attached to an aromatic ring is 1. The van der Waals surface area contributed by atoms with E-state index < -0.39 is 0 Å². The highest BCUT2D eigenvalue weighted by atomic mass is 16.5. The largest absolute Gasteiger partial charge is 0.507 e. The van der Waals surface area contributed by atoms with Gasteiger partial charge in [-0.1, -0.05) is 6.07 Å². The number of nitrogens with two attached hydrogens (primary N) is 1. The van der Waals surface area contributed by atoms with Crippen LogP contribution in [0.1, 0.15) is 15.9 Å². The van der Waals surface area contributed by atoms with Crippen molar-refractivity contribution in [2.45, 2.75) is 6.42 Å². The van der Waals surface area contributed by atoms with Gasteiger partial charge in [0, 0.05) is 24.0 Å². The standard InChI is InChI=1S/C16H16N2O3/c1-21-12-4-5-13(15(19)9-12)16(20)18-7-6-10-2-3-11(17)8-14(10)18/h2-5,8-9,19H,6-7,17H2,1H3. The number of amides is 1. The summed E-state index contributed by atoms with van der Waals surface area (Å²) < 4.78 is 5.03. The van der Waals surface area contributed by atoms with Gasteiger partial charge >= 0.3 is 0 Å². The number of hydrogen-bond acceptors (Lipinski definition) is 4. The third-order valence-electron chi connectivity index (χ3n) is 3.69. The molecule has 0 saturated heterocycles. The molecule has 3 rings (SSSR count). The fraction of sp³-hybridized carbons (Fsp3) is 0.188. The monoisotopic (exact) mass is 284 g/mol. The van der Waals surface area contributed by atoms with E-state index in [1.807, 2.05) is 12.1 Å². The maximum Gasteiger partial charge on any atom is 0.262 e. The summed E-state index contributed by atoms with van der Waals surface area (Å²) in [6.45, 7) is 0.586. The first-order valence-corrected chi connectivity index (χ1v) is 6.67. The Labute approximate surface area is 122 Å². The minimum absolute atomic E-state index is 0.0864. The Kier molecular flexibility index (Phi) is 3.17. The summed E-state index contributed by atoms with van der Waals surface area (Å²) in [7, 11) is 1.51. The van der Waals surface area contributed by atoms with E-state index in [2.05, 4.69) is 0 Å². The van der Waals surface area contributed by atoms with Gasteiger partial charge in [0.25, 0.3) is 5.91 Å². The molecule has 21 heavy (non-hydrogen) atoms. The van der Waals surface area contributed by atoms with E-state index in [-0.39, 0.29) is 17.2 Å². The number of fused-ring (bicyclic) bond motifs is 1. The van der Waals surface area contributed by atoms with E-state index in [1.165, 1.54) is 13.2 Å². The van der Waals surface area contributed by atoms with Crippen LogP contribution in [0.15, 0.2) is 36.4 Å². The first-order valence-electron chi connectivity index (χ1n) is 6.67. The maximum absolute atomic E-state index is 12.6. The number of benzene rings is 2. The highest BCUT2D eigenvalue weighted by Crippen LogP contribution is 2.33. The van der Waals surface area contributed by atoms with Crippen molar-refractivity contribution >= 4 is 17.3 Å². The Hall–Kier alpha value is -2.69. The number of aromatic hydroxyl groups is 1. The number of rotatable bonds is 2. The zero-order valence-electron chi connectivity index (χ0n) is 11.7. The van der Waals surface area contributed by atoms with Crippen LogP contribution in [0.3, 0.4) is 0 Å². The van der Waals surface area contributed by atoms with Gasteiger partial charge in [0.2, 0.25) is 0 Å². The number of phenols is 1. The normalized spacial score (nSPS) is 13.1. The van der Waals surface area contributed by atoms with Crippen LogP contribution in [0.25, 0.3) is 0 Å². The molecule has 3 N–H and O–H groups in total. The zero-order chi connectivity index (χ0) is 15.0. The van der Waals surface area contributed by atoms with Gasteiger partial charge in [0.15, 0.2) is 0 Å². The van der Waals surface area contributed by atoms with Gasteiger partial charge in [-0.15, -0.1) is 0 Å². The predicted molar refractivity (Wildman–Crippen MR) is 80.9 cm³/mol. The second-order valence-corrected chi connectivity index (χ2v) is 4.98. The van der Waals surface area contributed by atoms with Crippen molar-refractivity contribution < 1.29 is 14.6 Å². The van der Waals surface area contributed by atoms with Crippen LogP contribution < -0.4 is 15.4 Å². The average Bonchev–Trinajstić information content (AvgIpc) is 2.89. The van der Waals surface area contributed by atoms with Gasteiger partial charge in [-0.25, -0.2) is 0 Å². The molecule has 108 valence electrons. The van der Waals surface area contributed by atoms with E-state index in [0.29, 0.717) is 18.0 Å². The molecule has 1 amide bonds. The Morgan fingerprint density at radius 2 is 2.10 bits per heavy atom. The van der Waals surface area contributed by atoms with Crippen molar-refractivity contribution in [1.82, 2.24) is 0 Å². The molecule has 0 fully saturated rings. The van der Waals surface area contributed by atoms with Crippen LogP contribution in [-0.4, -0.2) is 24.7 Å². The van der Waals surface area contributed by atoms with Gasteiger partial charge in [0.05, 0.1) is 12.7 Å². The molecule has 0 aliphatic carbocycles. The molecule has 1 aliphatic rings. The molecule has 2 aromatic carbocycles. The summed E-state index contributed by atoms with van der Waals surface area (Å²) in [6, 6.07) is 10.2. The molecular weight excluding hydrogens is 268 g/mol. The molecule has 0 unspecified atom stereocenters. The van der Waals surface area contributed by atoms with E-state index in [9.17, 15) is 9.90 Å². The molecule has 2 aromatic rings. The lowest BCUT2D eigenvalue weighted by atomic mass is 10.1. The number of ether oxygens (including phenoxy) is 1. The Morgan fingerprint density at radius 3 is 2.81 bits per heavy atom. The fourth-order valence-corrected chi connectivity index (χ4v) is 2.57. The van der Waals surface area contributed by atoms with Crippen molar-refractivity contribution in [3.05, 3.63) is 47.5 Å². The molecular formula is C16H16N2O3. The molecule has 0 aromatic heterocycles. The van der Waals surface area contributed by atoms with Crippen LogP contribution in [-0.2, 0) is 6.42 Å². The van der Waals surface area contributed by atoms with E-state index in [1.54, 1.807) is 23.1 Å². The maximum atomic E-state index is 12.6. The van der Waals surface area contributed by atoms with E-state index >= 15 is 0 Å². The lowest BCUT2D eigenvalue weighted by Crippen LogP contribution is -2.29. The minimum Gasteiger partial charge on any atom is -0.507 e. The summed E-state index contributed by atoms with van der Waals surface area (Å²) in [6.07, 6.45) is 0.790. The predicted octanol–water partition coefficient (Wildman–Crippen LogP) is 2.19. The number of anilines is 2. The molecule has 5 nitrogen and oxygen atoms in total. The molecule has 0 spiro atoms. The third kappa shape index (κ3) is 2.27. The van der Waals surface area contributed by atoms with Crippen LogP contribution in [0.4, 0.5) is 11.4 Å². The first-order chi connectivity index (χ1) is 10.1. The molecule has 0 radical (unpaired) electrons. The summed E-state index contributed by atoms with van der Waals surface area (Å²) in [5.41, 5.74) is 8.57. The minimum atomic E-state index is -0.237. The summed E-state index contributed by atoms with van der Waals surface area (Å²) in [5, 5.41) is 10.0. The van der Waals surface area contributed by atoms with Crippen molar-refractivity contribution in [3.8, 4) is 11.5 Å². The molecule has 0 atom stereocenters. The quantitative estimate of drug-likeness (QED) is 0.829. The third-order valence-corrected chi connectivity index (χ3v) is 3.69. The van der Waals surface area contributed by atoms with Crippen molar-refractivity contribution in [1.29, 1.82) is 0 Å². The Morgan fingerprint density at radius 1 is 1.29 bits per heavy atom. The summed E-state index contributed by atoms with van der Waals surface area (Å²) in [5.74, 6) is 0.186. The zero-order valence-corrected chi connectivity index (χ0v) is 11.7. The number of hydrogen-bond donors (Lipinski definition) is 2. The molecule has 1 heterocycles. The smallest absolute Gasteiger partial charge is 0.262 e. The highest BCUT2D eigenvalue weighted by Gasteiger charge is 2.27. The number of nitrogens with zero attached hydrogens (tertiary/aromatic N) is 1. The fourth-order valence-electron chi connectivity index (χ4n) is 2.57. The number of carbonyl (C=O) groups is 1. The van der Waals surface area contributed by atoms with Gasteiger partial charge in [-0.2, -0.15) is 0 Å². The topological polar surface area (TPSA) is 75.8 Å². The lowest BCUT2D eigenvalue weighted by Gasteiger charge is -2.18. The van der Waals surface area contributed by atoms with E-state index in [4.69, 9.17) is 10.5 Å². The second-order valence-electron chi connectivity index (χ2n) is 4.98. The van der Waals surface area contributed by atoms with E-state index in [0.717, 1.165) is 17.7 Å². The molecule has 0 bridgehead atoms. The highest BCUT2D eigenvalue weighted by molar-refractivity contribution is 6.09. The van der Waals surface area contributed by atoms with Crippen molar-refractivity contribution in [2.75, 3.05) is 24.3 Å². The first kappa shape index (κ1) is 13.3. The van der Waals surface area contributed by atoms with Gasteiger partial charge in [-0.3, -0.25) is 4.79 Å². The summed E-state index contributed by atoms with van der Waals surface area (Å²) in [4.78, 5) is 14.3. The van der Waals surface area contributed by atoms with Crippen molar-refractivity contribution in [2.24, 2.45) is 0 Å². The van der Waals surface area contributed by atoms with Gasteiger partial charge in [-0.05, 0) is 36.2 Å². The van der Waals surface area contributed by atoms with Crippen LogP contribution >= 0.6 is 0 Å². The summed E-state index contributed by atoms with van der Waals surface area (Å²) >= 11 is 0. The SMILES string of the molecule is COc1ccc(C(=O)N2CCc3ccc(N)cc32)c(O)c1. The number of methoxy groups -OCH3 is 1. The second kappa shape index (κ2) is 5.01. The van der Waals surface area contributed by atoms with Crippen molar-refractivity contribution in [3.63, 3.8) is 0 Å². The van der Waals surface area contributed by atoms with Crippen LogP contribution in [0.2, 0.25) is 0 Å². The number of carbonyl (C=O) groups excluding carboxylic acids is 1. The van der Waals surface area contributed by atoms with Crippen LogP contribution in [0, 0.1) is 0 Å². The van der Waals surface area contributed by atoms with Gasteiger partial charge < -0.3 is 20.5 Å². The average molecular weight is 284 g/mol. The Balaban J connectivity index is 1.96.